The fraction of sp³-hybridized carbons (Fsp3) is 0.133. The average Bonchev–Trinajstić information content (AvgIpc) is 3.26. The van der Waals surface area contributed by atoms with Gasteiger partial charge in [-0.15, -0.1) is 16.4 Å². The number of thioether (sulfide) groups is 1. The van der Waals surface area contributed by atoms with E-state index in [-0.39, 0.29) is 5.56 Å². The number of fused-ring (bicyclic) bond motifs is 1. The minimum absolute atomic E-state index is 0.165. The SMILES string of the molecule is O=c1cc(CSc2nnnn2Cc2cccs2)nc2ccc(Cl)cn12. The van der Waals surface area contributed by atoms with Gasteiger partial charge in [-0.2, -0.15) is 0 Å². The maximum absolute atomic E-state index is 12.2. The van der Waals surface area contributed by atoms with Crippen LogP contribution in [0.4, 0.5) is 0 Å². The van der Waals surface area contributed by atoms with Crippen LogP contribution in [0.25, 0.3) is 5.65 Å². The fourth-order valence-corrected chi connectivity index (χ4v) is 3.90. The van der Waals surface area contributed by atoms with E-state index in [2.05, 4.69) is 20.5 Å². The molecule has 4 rings (SSSR count). The van der Waals surface area contributed by atoms with E-state index in [0.29, 0.717) is 33.8 Å². The fourth-order valence-electron chi connectivity index (χ4n) is 2.29. The molecule has 0 aliphatic carbocycles. The van der Waals surface area contributed by atoms with E-state index in [1.165, 1.54) is 27.1 Å². The monoisotopic (exact) mass is 390 g/mol. The lowest BCUT2D eigenvalue weighted by atomic mass is 10.4. The van der Waals surface area contributed by atoms with Gasteiger partial charge in [0.2, 0.25) is 5.16 Å². The first-order chi connectivity index (χ1) is 12.2. The predicted molar refractivity (Wildman–Crippen MR) is 97.3 cm³/mol. The molecule has 25 heavy (non-hydrogen) atoms. The number of hydrogen-bond acceptors (Lipinski definition) is 7. The molecule has 0 atom stereocenters. The van der Waals surface area contributed by atoms with Gasteiger partial charge in [0.1, 0.15) is 5.65 Å². The summed E-state index contributed by atoms with van der Waals surface area (Å²) in [5.41, 5.74) is 1.06. The highest BCUT2D eigenvalue weighted by Crippen LogP contribution is 2.20. The Kier molecular flexibility index (Phi) is 4.51. The predicted octanol–water partition coefficient (Wildman–Crippen LogP) is 2.74. The van der Waals surface area contributed by atoms with Crippen molar-refractivity contribution in [1.82, 2.24) is 29.6 Å². The van der Waals surface area contributed by atoms with Crippen molar-refractivity contribution in [3.8, 4) is 0 Å². The number of aromatic nitrogens is 6. The van der Waals surface area contributed by atoms with Crippen LogP contribution in [-0.2, 0) is 12.3 Å². The van der Waals surface area contributed by atoms with Crippen molar-refractivity contribution in [2.75, 3.05) is 0 Å². The van der Waals surface area contributed by atoms with E-state index in [9.17, 15) is 4.79 Å². The van der Waals surface area contributed by atoms with Crippen molar-refractivity contribution in [3.05, 3.63) is 67.9 Å². The zero-order chi connectivity index (χ0) is 17.2. The zero-order valence-corrected chi connectivity index (χ0v) is 15.1. The van der Waals surface area contributed by atoms with Crippen LogP contribution in [0.3, 0.4) is 0 Å². The molecule has 0 unspecified atom stereocenters. The first kappa shape index (κ1) is 16.2. The quantitative estimate of drug-likeness (QED) is 0.487. The first-order valence-corrected chi connectivity index (χ1v) is 9.52. The highest BCUT2D eigenvalue weighted by molar-refractivity contribution is 7.98. The van der Waals surface area contributed by atoms with Crippen LogP contribution in [-0.4, -0.2) is 29.6 Å². The Bertz CT molecular complexity index is 1080. The van der Waals surface area contributed by atoms with Gasteiger partial charge in [-0.3, -0.25) is 9.20 Å². The summed E-state index contributed by atoms with van der Waals surface area (Å²) in [6.07, 6.45) is 1.56. The number of hydrogen-bond donors (Lipinski definition) is 0. The third kappa shape index (κ3) is 3.58. The summed E-state index contributed by atoms with van der Waals surface area (Å²) in [7, 11) is 0. The Labute approximate surface area is 155 Å². The number of pyridine rings is 1. The smallest absolute Gasteiger partial charge is 0.258 e. The van der Waals surface area contributed by atoms with Gasteiger partial charge in [-0.25, -0.2) is 9.67 Å². The van der Waals surface area contributed by atoms with Crippen molar-refractivity contribution in [2.24, 2.45) is 0 Å². The Hall–Kier alpha value is -2.23. The standard InChI is InChI=1S/C15H11ClN6OS2/c16-10-3-4-13-17-11(6-14(23)21(13)7-10)9-25-15-18-19-20-22(15)8-12-2-1-5-24-12/h1-7H,8-9H2. The molecule has 0 saturated carbocycles. The molecule has 0 amide bonds. The number of nitrogens with zero attached hydrogens (tertiary/aromatic N) is 6. The van der Waals surface area contributed by atoms with Crippen LogP contribution in [0.15, 0.2) is 51.9 Å². The van der Waals surface area contributed by atoms with Crippen molar-refractivity contribution in [2.45, 2.75) is 17.5 Å². The minimum Gasteiger partial charge on any atom is -0.269 e. The molecular weight excluding hydrogens is 380 g/mol. The number of tetrazole rings is 1. The van der Waals surface area contributed by atoms with Gasteiger partial charge < -0.3 is 0 Å². The summed E-state index contributed by atoms with van der Waals surface area (Å²) < 4.78 is 3.17. The van der Waals surface area contributed by atoms with E-state index in [0.717, 1.165) is 0 Å². The molecule has 0 spiro atoms. The Morgan fingerprint density at radius 2 is 2.20 bits per heavy atom. The molecule has 4 heterocycles. The summed E-state index contributed by atoms with van der Waals surface area (Å²) in [5, 5.41) is 15.0. The third-order valence-electron chi connectivity index (χ3n) is 3.41. The van der Waals surface area contributed by atoms with E-state index < -0.39 is 0 Å². The molecule has 0 aromatic carbocycles. The molecular formula is C15H11ClN6OS2. The van der Waals surface area contributed by atoms with Gasteiger partial charge in [0, 0.05) is 22.9 Å². The Morgan fingerprint density at radius 1 is 1.28 bits per heavy atom. The van der Waals surface area contributed by atoms with Crippen molar-refractivity contribution in [3.63, 3.8) is 0 Å². The Morgan fingerprint density at radius 3 is 3.04 bits per heavy atom. The third-order valence-corrected chi connectivity index (χ3v) is 5.49. The van der Waals surface area contributed by atoms with Crippen molar-refractivity contribution < 1.29 is 0 Å². The molecule has 4 aromatic heterocycles. The Balaban J connectivity index is 1.54. The molecule has 0 fully saturated rings. The average molecular weight is 391 g/mol. The van der Waals surface area contributed by atoms with Gasteiger partial charge in [0.15, 0.2) is 0 Å². The lowest BCUT2D eigenvalue weighted by molar-refractivity contribution is 0.608. The molecule has 126 valence electrons. The number of rotatable bonds is 5. The molecule has 10 heteroatoms. The summed E-state index contributed by atoms with van der Waals surface area (Å²) >= 11 is 9.02. The van der Waals surface area contributed by atoms with Crippen LogP contribution in [0.2, 0.25) is 5.02 Å². The molecule has 0 saturated heterocycles. The summed E-state index contributed by atoms with van der Waals surface area (Å²) in [5.74, 6) is 0.499. The van der Waals surface area contributed by atoms with Gasteiger partial charge in [0.05, 0.1) is 17.3 Å². The molecule has 7 nitrogen and oxygen atoms in total. The van der Waals surface area contributed by atoms with Crippen LogP contribution >= 0.6 is 34.7 Å². The van der Waals surface area contributed by atoms with Crippen LogP contribution in [0.1, 0.15) is 10.6 Å². The van der Waals surface area contributed by atoms with E-state index in [1.54, 1.807) is 34.3 Å². The van der Waals surface area contributed by atoms with Gasteiger partial charge in [-0.1, -0.05) is 29.4 Å². The molecule has 0 aliphatic rings. The lowest BCUT2D eigenvalue weighted by Crippen LogP contribution is -2.15. The summed E-state index contributed by atoms with van der Waals surface area (Å²) in [6.45, 7) is 0.624. The minimum atomic E-state index is -0.165. The molecule has 0 bridgehead atoms. The number of thiophene rings is 1. The topological polar surface area (TPSA) is 78.0 Å². The molecule has 0 N–H and O–H groups in total. The lowest BCUT2D eigenvalue weighted by Gasteiger charge is -2.05. The van der Waals surface area contributed by atoms with Crippen LogP contribution in [0.5, 0.6) is 0 Å². The van der Waals surface area contributed by atoms with E-state index in [4.69, 9.17) is 11.6 Å². The van der Waals surface area contributed by atoms with Gasteiger partial charge in [0.25, 0.3) is 5.56 Å². The highest BCUT2D eigenvalue weighted by Gasteiger charge is 2.10. The second-order valence-electron chi connectivity index (χ2n) is 5.15. The van der Waals surface area contributed by atoms with Crippen molar-refractivity contribution >= 4 is 40.3 Å². The van der Waals surface area contributed by atoms with Crippen LogP contribution < -0.4 is 5.56 Å². The first-order valence-electron chi connectivity index (χ1n) is 7.28. The van der Waals surface area contributed by atoms with E-state index in [1.807, 2.05) is 17.5 Å². The normalized spacial score (nSPS) is 11.2. The number of halogens is 1. The maximum atomic E-state index is 12.2. The van der Waals surface area contributed by atoms with Crippen molar-refractivity contribution in [1.29, 1.82) is 0 Å². The van der Waals surface area contributed by atoms with Gasteiger partial charge >= 0.3 is 0 Å². The summed E-state index contributed by atoms with van der Waals surface area (Å²) in [6, 6.07) is 8.97. The largest absolute Gasteiger partial charge is 0.269 e. The molecule has 0 radical (unpaired) electrons. The van der Waals surface area contributed by atoms with Gasteiger partial charge in [-0.05, 0) is 34.0 Å². The second kappa shape index (κ2) is 6.95. The zero-order valence-electron chi connectivity index (χ0n) is 12.7. The maximum Gasteiger partial charge on any atom is 0.258 e. The summed E-state index contributed by atoms with van der Waals surface area (Å²) in [4.78, 5) is 17.9. The molecule has 4 aromatic rings. The highest BCUT2D eigenvalue weighted by atomic mass is 35.5. The molecule has 0 aliphatic heterocycles. The van der Waals surface area contributed by atoms with Crippen LogP contribution in [0, 0.1) is 0 Å². The second-order valence-corrected chi connectivity index (χ2v) is 7.56. The van der Waals surface area contributed by atoms with E-state index >= 15 is 0 Å².